The fourth-order valence-electron chi connectivity index (χ4n) is 3.76. The van der Waals surface area contributed by atoms with Crippen LogP contribution in [0.5, 0.6) is 0 Å². The average Bonchev–Trinajstić information content (AvgIpc) is 3.42. The first-order valence-corrected chi connectivity index (χ1v) is 11.5. The van der Waals surface area contributed by atoms with Gasteiger partial charge in [-0.25, -0.2) is 9.67 Å². The molecule has 0 bridgehead atoms. The third-order valence-corrected chi connectivity index (χ3v) is 7.08. The second-order valence-electron chi connectivity index (χ2n) is 8.69. The molecule has 3 aromatic heterocycles. The summed E-state index contributed by atoms with van der Waals surface area (Å²) in [5, 5.41) is 19.8. The van der Waals surface area contributed by atoms with E-state index in [-0.39, 0.29) is 0 Å². The van der Waals surface area contributed by atoms with Crippen molar-refractivity contribution in [3.05, 3.63) is 53.7 Å². The lowest BCUT2D eigenvalue weighted by Gasteiger charge is -2.34. The first-order valence-electron chi connectivity index (χ1n) is 10.7. The minimum atomic E-state index is -0.885. The molecular formula is C23H27N7OS. The van der Waals surface area contributed by atoms with Crippen LogP contribution in [0.1, 0.15) is 18.7 Å². The van der Waals surface area contributed by atoms with Crippen molar-refractivity contribution in [2.24, 2.45) is 0 Å². The molecule has 1 aliphatic heterocycles. The standard InChI is InChI=1S/C23H27N7OS/c1-23(2,31)19-8-9-20(32-19)30-21-16(15-25-30)14-24-22(27-21)26-17-4-6-18(7-5-17)29-12-10-28(3)11-13-29/h4-9,14-15,31H,10-13H2,1-3H3,(H,24,26,27). The number of anilines is 3. The Balaban J connectivity index is 1.36. The number of nitrogens with zero attached hydrogens (tertiary/aromatic N) is 6. The van der Waals surface area contributed by atoms with E-state index in [2.05, 4.69) is 56.5 Å². The second kappa shape index (κ2) is 8.16. The van der Waals surface area contributed by atoms with Crippen molar-refractivity contribution in [3.8, 4) is 5.00 Å². The molecule has 1 saturated heterocycles. The number of fused-ring (bicyclic) bond motifs is 1. The normalized spacial score (nSPS) is 15.4. The molecule has 0 atom stereocenters. The predicted octanol–water partition coefficient (Wildman–Crippen LogP) is 3.60. The van der Waals surface area contributed by atoms with Crippen molar-refractivity contribution in [1.29, 1.82) is 0 Å². The molecule has 5 rings (SSSR count). The molecule has 0 spiro atoms. The summed E-state index contributed by atoms with van der Waals surface area (Å²) in [6.07, 6.45) is 3.53. The fraction of sp³-hybridized carbons (Fsp3) is 0.348. The van der Waals surface area contributed by atoms with E-state index in [0.29, 0.717) is 5.95 Å². The SMILES string of the molecule is CN1CCN(c2ccc(Nc3ncc4cnn(-c5ccc(C(C)(C)O)s5)c4n3)cc2)CC1. The quantitative estimate of drug-likeness (QED) is 0.482. The molecule has 166 valence electrons. The van der Waals surface area contributed by atoms with Crippen LogP contribution in [0, 0.1) is 0 Å². The molecule has 4 aromatic rings. The zero-order valence-corrected chi connectivity index (χ0v) is 19.3. The highest BCUT2D eigenvalue weighted by Gasteiger charge is 2.20. The van der Waals surface area contributed by atoms with Gasteiger partial charge in [0.05, 0.1) is 17.2 Å². The largest absolute Gasteiger partial charge is 0.385 e. The minimum absolute atomic E-state index is 0.519. The lowest BCUT2D eigenvalue weighted by Crippen LogP contribution is -2.44. The molecule has 8 nitrogen and oxygen atoms in total. The van der Waals surface area contributed by atoms with E-state index in [1.807, 2.05) is 12.1 Å². The fourth-order valence-corrected chi connectivity index (χ4v) is 4.73. The van der Waals surface area contributed by atoms with Crippen LogP contribution in [0.4, 0.5) is 17.3 Å². The zero-order chi connectivity index (χ0) is 22.3. The molecule has 1 aliphatic rings. The maximum absolute atomic E-state index is 10.3. The first-order chi connectivity index (χ1) is 15.4. The van der Waals surface area contributed by atoms with Crippen LogP contribution in [0.2, 0.25) is 0 Å². The van der Waals surface area contributed by atoms with Gasteiger partial charge >= 0.3 is 0 Å². The molecule has 0 saturated carbocycles. The van der Waals surface area contributed by atoms with Gasteiger partial charge in [-0.2, -0.15) is 10.1 Å². The molecular weight excluding hydrogens is 422 g/mol. The molecule has 0 amide bonds. The molecule has 1 aromatic carbocycles. The van der Waals surface area contributed by atoms with Crippen LogP contribution in [0.25, 0.3) is 16.0 Å². The van der Waals surface area contributed by atoms with Gasteiger partial charge in [-0.3, -0.25) is 0 Å². The number of aliphatic hydroxyl groups is 1. The Kier molecular flexibility index (Phi) is 5.32. The van der Waals surface area contributed by atoms with Gasteiger partial charge in [0.1, 0.15) is 5.00 Å². The van der Waals surface area contributed by atoms with E-state index in [0.717, 1.165) is 52.8 Å². The smallest absolute Gasteiger partial charge is 0.229 e. The summed E-state index contributed by atoms with van der Waals surface area (Å²) in [4.78, 5) is 14.8. The molecule has 0 radical (unpaired) electrons. The lowest BCUT2D eigenvalue weighted by molar-refractivity contribution is 0.0825. The Labute approximate surface area is 191 Å². The molecule has 4 heterocycles. The van der Waals surface area contributed by atoms with E-state index in [9.17, 15) is 5.11 Å². The highest BCUT2D eigenvalue weighted by atomic mass is 32.1. The molecule has 2 N–H and O–H groups in total. The first kappa shape index (κ1) is 20.9. The van der Waals surface area contributed by atoms with Crippen molar-refractivity contribution in [2.75, 3.05) is 43.4 Å². The van der Waals surface area contributed by atoms with Crippen LogP contribution in [0.3, 0.4) is 0 Å². The van der Waals surface area contributed by atoms with E-state index < -0.39 is 5.60 Å². The number of hydrogen-bond acceptors (Lipinski definition) is 8. The summed E-state index contributed by atoms with van der Waals surface area (Å²) in [5.41, 5.74) is 2.01. The van der Waals surface area contributed by atoms with Gasteiger partial charge in [-0.05, 0) is 57.3 Å². The number of hydrogen-bond donors (Lipinski definition) is 2. The molecule has 0 unspecified atom stereocenters. The Morgan fingerprint density at radius 3 is 2.44 bits per heavy atom. The molecule has 1 fully saturated rings. The highest BCUT2D eigenvalue weighted by molar-refractivity contribution is 7.14. The molecule has 9 heteroatoms. The van der Waals surface area contributed by atoms with E-state index in [4.69, 9.17) is 4.98 Å². The van der Waals surface area contributed by atoms with Crippen LogP contribution in [-0.2, 0) is 5.60 Å². The van der Waals surface area contributed by atoms with E-state index in [1.54, 1.807) is 30.9 Å². The third kappa shape index (κ3) is 4.19. The number of thiophene rings is 1. The van der Waals surface area contributed by atoms with Crippen molar-refractivity contribution in [2.45, 2.75) is 19.4 Å². The summed E-state index contributed by atoms with van der Waals surface area (Å²) in [6.45, 7) is 7.83. The maximum atomic E-state index is 10.3. The molecule has 0 aliphatic carbocycles. The van der Waals surface area contributed by atoms with Crippen molar-refractivity contribution in [1.82, 2.24) is 24.6 Å². The number of piperazine rings is 1. The Morgan fingerprint density at radius 2 is 1.75 bits per heavy atom. The average molecular weight is 450 g/mol. The van der Waals surface area contributed by atoms with Crippen LogP contribution >= 0.6 is 11.3 Å². The topological polar surface area (TPSA) is 82.3 Å². The van der Waals surface area contributed by atoms with Crippen LogP contribution in [0.15, 0.2) is 48.8 Å². The van der Waals surface area contributed by atoms with Crippen molar-refractivity contribution >= 4 is 39.7 Å². The number of likely N-dealkylation sites (N-methyl/N-ethyl adjacent to an activating group) is 1. The second-order valence-corrected chi connectivity index (χ2v) is 9.75. The number of rotatable bonds is 5. The summed E-state index contributed by atoms with van der Waals surface area (Å²) in [7, 11) is 2.16. The van der Waals surface area contributed by atoms with Gasteiger partial charge in [-0.1, -0.05) is 0 Å². The third-order valence-electron chi connectivity index (χ3n) is 5.70. The highest BCUT2D eigenvalue weighted by Crippen LogP contribution is 2.31. The number of aromatic nitrogens is 4. The molecule has 32 heavy (non-hydrogen) atoms. The van der Waals surface area contributed by atoms with Crippen molar-refractivity contribution < 1.29 is 5.11 Å². The summed E-state index contributed by atoms with van der Waals surface area (Å²) >= 11 is 1.50. The maximum Gasteiger partial charge on any atom is 0.229 e. The predicted molar refractivity (Wildman–Crippen MR) is 129 cm³/mol. The summed E-state index contributed by atoms with van der Waals surface area (Å²) in [6, 6.07) is 12.3. The Hall–Kier alpha value is -3.01. The van der Waals surface area contributed by atoms with Gasteiger partial charge < -0.3 is 20.2 Å². The summed E-state index contributed by atoms with van der Waals surface area (Å²) in [5.74, 6) is 0.519. The van der Waals surface area contributed by atoms with E-state index in [1.165, 1.54) is 17.0 Å². The Morgan fingerprint density at radius 1 is 1.00 bits per heavy atom. The van der Waals surface area contributed by atoms with Gasteiger partial charge in [0.25, 0.3) is 0 Å². The van der Waals surface area contributed by atoms with Crippen LogP contribution in [-0.4, -0.2) is 63.0 Å². The zero-order valence-electron chi connectivity index (χ0n) is 18.5. The Bertz CT molecular complexity index is 1220. The van der Waals surface area contributed by atoms with E-state index >= 15 is 0 Å². The minimum Gasteiger partial charge on any atom is -0.385 e. The van der Waals surface area contributed by atoms with Crippen molar-refractivity contribution in [3.63, 3.8) is 0 Å². The number of benzene rings is 1. The lowest BCUT2D eigenvalue weighted by atomic mass is 10.1. The van der Waals surface area contributed by atoms with Gasteiger partial charge in [0.15, 0.2) is 5.65 Å². The van der Waals surface area contributed by atoms with Crippen LogP contribution < -0.4 is 10.2 Å². The van der Waals surface area contributed by atoms with Gasteiger partial charge in [0.2, 0.25) is 5.95 Å². The monoisotopic (exact) mass is 449 g/mol. The van der Waals surface area contributed by atoms with Gasteiger partial charge in [-0.15, -0.1) is 11.3 Å². The van der Waals surface area contributed by atoms with Gasteiger partial charge in [0, 0.05) is 48.6 Å². The summed E-state index contributed by atoms with van der Waals surface area (Å²) < 4.78 is 1.79. The number of nitrogens with one attached hydrogen (secondary N) is 1.